The summed E-state index contributed by atoms with van der Waals surface area (Å²) in [5.74, 6) is -2.77. The summed E-state index contributed by atoms with van der Waals surface area (Å²) in [5, 5.41) is 8.70. The Morgan fingerprint density at radius 1 is 1.25 bits per heavy atom. The van der Waals surface area contributed by atoms with Crippen molar-refractivity contribution in [1.29, 1.82) is 0 Å². The van der Waals surface area contributed by atoms with Gasteiger partial charge in [0.15, 0.2) is 5.41 Å². The monoisotopic (exact) mass is 244 g/mol. The first kappa shape index (κ1) is 14.7. The number of methoxy groups -OCH3 is 1. The van der Waals surface area contributed by atoms with E-state index in [1.54, 1.807) is 0 Å². The predicted molar refractivity (Wildman–Crippen MR) is 44.6 cm³/mol. The first-order chi connectivity index (χ1) is 7.13. The van der Waals surface area contributed by atoms with E-state index in [0.717, 1.165) is 14.0 Å². The summed E-state index contributed by atoms with van der Waals surface area (Å²) >= 11 is 0. The number of carbonyl (C=O) groups is 2. The van der Waals surface area contributed by atoms with Crippen LogP contribution < -0.4 is 0 Å². The van der Waals surface area contributed by atoms with Crippen molar-refractivity contribution in [3.63, 3.8) is 0 Å². The van der Waals surface area contributed by atoms with Gasteiger partial charge in [0.05, 0.1) is 13.7 Å². The summed E-state index contributed by atoms with van der Waals surface area (Å²) in [6.07, 6.45) is -4.57. The molecule has 5 nitrogen and oxygen atoms in total. The fraction of sp³-hybridized carbons (Fsp3) is 0.750. The van der Waals surface area contributed by atoms with Crippen LogP contribution in [0.2, 0.25) is 0 Å². The molecule has 0 aliphatic heterocycles. The van der Waals surface area contributed by atoms with Crippen molar-refractivity contribution in [1.82, 2.24) is 0 Å². The zero-order chi connectivity index (χ0) is 13.0. The second-order valence-corrected chi connectivity index (χ2v) is 3.24. The number of halogens is 3. The van der Waals surface area contributed by atoms with E-state index in [0.29, 0.717) is 0 Å². The molecule has 0 aliphatic rings. The molecule has 0 aromatic carbocycles. The van der Waals surface area contributed by atoms with Crippen molar-refractivity contribution in [2.24, 2.45) is 5.41 Å². The molecule has 0 amide bonds. The van der Waals surface area contributed by atoms with Gasteiger partial charge in [0, 0.05) is 0 Å². The molecule has 1 atom stereocenters. The average Bonchev–Trinajstić information content (AvgIpc) is 2.13. The van der Waals surface area contributed by atoms with Crippen molar-refractivity contribution in [3.8, 4) is 0 Å². The van der Waals surface area contributed by atoms with Crippen LogP contribution in [0.25, 0.3) is 0 Å². The maximum Gasteiger partial charge on any atom is 0.411 e. The van der Waals surface area contributed by atoms with Crippen molar-refractivity contribution in [2.75, 3.05) is 20.3 Å². The molecule has 0 saturated carbocycles. The molecule has 16 heavy (non-hydrogen) atoms. The lowest BCUT2D eigenvalue weighted by Gasteiger charge is -2.21. The lowest BCUT2D eigenvalue weighted by atomic mass is 9.92. The number of carbonyl (C=O) groups excluding carboxylic acids is 1. The van der Waals surface area contributed by atoms with Gasteiger partial charge in [0.2, 0.25) is 0 Å². The summed E-state index contributed by atoms with van der Waals surface area (Å²) in [7, 11) is 0.938. The minimum atomic E-state index is -4.57. The molecule has 0 bridgehead atoms. The molecule has 0 aromatic heterocycles. The van der Waals surface area contributed by atoms with E-state index < -0.39 is 36.7 Å². The Morgan fingerprint density at radius 3 is 2.06 bits per heavy atom. The lowest BCUT2D eigenvalue weighted by molar-refractivity contribution is -0.191. The summed E-state index contributed by atoms with van der Waals surface area (Å²) in [5.41, 5.74) is -2.14. The number of carboxylic acid groups (broad SMARTS) is 1. The Balaban J connectivity index is 4.48. The van der Waals surface area contributed by atoms with Gasteiger partial charge in [-0.05, 0) is 6.92 Å². The lowest BCUT2D eigenvalue weighted by Crippen LogP contribution is -2.42. The third-order valence-corrected chi connectivity index (χ3v) is 1.76. The van der Waals surface area contributed by atoms with Gasteiger partial charge < -0.3 is 14.6 Å². The topological polar surface area (TPSA) is 72.8 Å². The molecule has 0 fully saturated rings. The number of rotatable bonds is 5. The van der Waals surface area contributed by atoms with Crippen LogP contribution in [-0.4, -0.2) is 43.5 Å². The number of hydrogen-bond acceptors (Lipinski definition) is 4. The quantitative estimate of drug-likeness (QED) is 0.572. The van der Waals surface area contributed by atoms with Gasteiger partial charge in [0.25, 0.3) is 0 Å². The molecule has 0 heterocycles. The van der Waals surface area contributed by atoms with E-state index in [4.69, 9.17) is 5.11 Å². The maximum absolute atomic E-state index is 11.7. The van der Waals surface area contributed by atoms with Gasteiger partial charge >= 0.3 is 18.1 Å². The van der Waals surface area contributed by atoms with E-state index in [9.17, 15) is 22.8 Å². The number of aliphatic carboxylic acids is 1. The number of carboxylic acids is 1. The molecule has 1 unspecified atom stereocenters. The van der Waals surface area contributed by atoms with Crippen LogP contribution in [0.3, 0.4) is 0 Å². The Morgan fingerprint density at radius 2 is 1.75 bits per heavy atom. The molecule has 1 N–H and O–H groups in total. The molecule has 0 rings (SSSR count). The van der Waals surface area contributed by atoms with Crippen molar-refractivity contribution >= 4 is 11.9 Å². The van der Waals surface area contributed by atoms with Crippen molar-refractivity contribution in [2.45, 2.75) is 13.1 Å². The predicted octanol–water partition coefficient (Wildman–Crippen LogP) is 0.829. The fourth-order valence-electron chi connectivity index (χ4n) is 0.804. The zero-order valence-corrected chi connectivity index (χ0v) is 8.63. The van der Waals surface area contributed by atoms with Crippen LogP contribution in [0, 0.1) is 5.41 Å². The van der Waals surface area contributed by atoms with Crippen molar-refractivity contribution in [3.05, 3.63) is 0 Å². The highest BCUT2D eigenvalue weighted by Gasteiger charge is 2.44. The zero-order valence-electron chi connectivity index (χ0n) is 8.63. The largest absolute Gasteiger partial charge is 0.480 e. The Kier molecular flexibility index (Phi) is 4.73. The summed E-state index contributed by atoms with van der Waals surface area (Å²) in [4.78, 5) is 21.8. The van der Waals surface area contributed by atoms with E-state index in [1.807, 2.05) is 0 Å². The van der Waals surface area contributed by atoms with Crippen LogP contribution in [0.1, 0.15) is 6.92 Å². The van der Waals surface area contributed by atoms with Crippen LogP contribution >= 0.6 is 0 Å². The number of alkyl halides is 3. The summed E-state index contributed by atoms with van der Waals surface area (Å²) in [6, 6.07) is 0. The van der Waals surface area contributed by atoms with E-state index in [-0.39, 0.29) is 0 Å². The molecular weight excluding hydrogens is 233 g/mol. The van der Waals surface area contributed by atoms with Crippen LogP contribution in [0.15, 0.2) is 0 Å². The SMILES string of the molecule is COC(=O)C(C)(COCC(F)(F)F)C(=O)O. The molecule has 94 valence electrons. The minimum Gasteiger partial charge on any atom is -0.480 e. The molecule has 0 saturated heterocycles. The fourth-order valence-corrected chi connectivity index (χ4v) is 0.804. The molecule has 0 aliphatic carbocycles. The van der Waals surface area contributed by atoms with Gasteiger partial charge in [-0.3, -0.25) is 9.59 Å². The standard InChI is InChI=1S/C8H11F3O5/c1-7(5(12)13,6(14)15-2)3-16-4-8(9,10)11/h3-4H2,1-2H3,(H,12,13). The molecular formula is C8H11F3O5. The second-order valence-electron chi connectivity index (χ2n) is 3.24. The summed E-state index contributed by atoms with van der Waals surface area (Å²) < 4.78 is 43.5. The highest BCUT2D eigenvalue weighted by Crippen LogP contribution is 2.21. The Labute approximate surface area is 89.1 Å². The normalized spacial score (nSPS) is 15.3. The summed E-state index contributed by atoms with van der Waals surface area (Å²) in [6.45, 7) is -1.60. The second kappa shape index (κ2) is 5.15. The maximum atomic E-state index is 11.7. The number of hydrogen-bond donors (Lipinski definition) is 1. The minimum absolute atomic E-state index is 0.908. The molecule has 0 spiro atoms. The van der Waals surface area contributed by atoms with Gasteiger partial charge in [-0.1, -0.05) is 0 Å². The molecule has 8 heteroatoms. The third kappa shape index (κ3) is 4.05. The Bertz CT molecular complexity index is 275. The number of ether oxygens (including phenoxy) is 2. The first-order valence-electron chi connectivity index (χ1n) is 4.10. The van der Waals surface area contributed by atoms with Crippen molar-refractivity contribution < 1.29 is 37.3 Å². The number of esters is 1. The third-order valence-electron chi connectivity index (χ3n) is 1.76. The highest BCUT2D eigenvalue weighted by molar-refractivity contribution is 5.98. The average molecular weight is 244 g/mol. The van der Waals surface area contributed by atoms with E-state index >= 15 is 0 Å². The van der Waals surface area contributed by atoms with Crippen LogP contribution in [-0.2, 0) is 19.1 Å². The smallest absolute Gasteiger partial charge is 0.411 e. The van der Waals surface area contributed by atoms with E-state index in [1.165, 1.54) is 0 Å². The van der Waals surface area contributed by atoms with Gasteiger partial charge in [0.1, 0.15) is 6.61 Å². The highest BCUT2D eigenvalue weighted by atomic mass is 19.4. The Hall–Kier alpha value is -1.31. The van der Waals surface area contributed by atoms with Crippen LogP contribution in [0.5, 0.6) is 0 Å². The van der Waals surface area contributed by atoms with Crippen LogP contribution in [0.4, 0.5) is 13.2 Å². The van der Waals surface area contributed by atoms with E-state index in [2.05, 4.69) is 9.47 Å². The van der Waals surface area contributed by atoms with Gasteiger partial charge in [-0.15, -0.1) is 0 Å². The van der Waals surface area contributed by atoms with Gasteiger partial charge in [-0.2, -0.15) is 13.2 Å². The first-order valence-corrected chi connectivity index (χ1v) is 4.10. The van der Waals surface area contributed by atoms with Gasteiger partial charge in [-0.25, -0.2) is 0 Å². The molecule has 0 radical (unpaired) electrons. The molecule has 0 aromatic rings.